The van der Waals surface area contributed by atoms with E-state index in [1.165, 1.54) is 23.5 Å². The van der Waals surface area contributed by atoms with Crippen LogP contribution in [-0.4, -0.2) is 9.97 Å². The van der Waals surface area contributed by atoms with Crippen LogP contribution in [0, 0.1) is 18.6 Å². The van der Waals surface area contributed by atoms with Gasteiger partial charge >= 0.3 is 0 Å². The molecule has 3 aromatic rings. The molecule has 0 atom stereocenters. The van der Waals surface area contributed by atoms with Crippen molar-refractivity contribution in [2.24, 2.45) is 0 Å². The smallest absolute Gasteiger partial charge is 0.159 e. The minimum atomic E-state index is -0.866. The number of rotatable bonds is 2. The Labute approximate surface area is 118 Å². The van der Waals surface area contributed by atoms with Gasteiger partial charge < -0.3 is 0 Å². The van der Waals surface area contributed by atoms with Crippen LogP contribution in [-0.2, 0) is 0 Å². The predicted octanol–water partition coefficient (Wildman–Crippen LogP) is 4.46. The molecule has 0 N–H and O–H groups in total. The first-order valence-electron chi connectivity index (χ1n) is 5.99. The van der Waals surface area contributed by atoms with Crippen molar-refractivity contribution in [2.75, 3.05) is 0 Å². The number of hydrogen-bond donors (Lipinski definition) is 0. The molecule has 1 aromatic carbocycles. The molecule has 0 unspecified atom stereocenters. The van der Waals surface area contributed by atoms with Crippen LogP contribution in [0.2, 0.25) is 0 Å². The van der Waals surface area contributed by atoms with E-state index in [9.17, 15) is 8.78 Å². The van der Waals surface area contributed by atoms with Crippen LogP contribution in [0.25, 0.3) is 22.0 Å². The van der Waals surface area contributed by atoms with E-state index in [2.05, 4.69) is 9.97 Å². The first-order chi connectivity index (χ1) is 9.65. The topological polar surface area (TPSA) is 25.8 Å². The number of benzene rings is 1. The molecule has 20 heavy (non-hydrogen) atoms. The number of nitrogens with zero attached hydrogens (tertiary/aromatic N) is 2. The minimum absolute atomic E-state index is 0.569. The third kappa shape index (κ3) is 2.32. The quantitative estimate of drug-likeness (QED) is 0.696. The number of thiazole rings is 1. The second kappa shape index (κ2) is 5.09. The zero-order chi connectivity index (χ0) is 14.1. The molecular weight excluding hydrogens is 278 g/mol. The largest absolute Gasteiger partial charge is 0.254 e. The maximum Gasteiger partial charge on any atom is 0.159 e. The van der Waals surface area contributed by atoms with Crippen molar-refractivity contribution >= 4 is 11.3 Å². The summed E-state index contributed by atoms with van der Waals surface area (Å²) in [5, 5.41) is 0.767. The molecule has 3 rings (SSSR count). The van der Waals surface area contributed by atoms with Gasteiger partial charge in [-0.3, -0.25) is 4.98 Å². The van der Waals surface area contributed by atoms with Crippen molar-refractivity contribution in [3.63, 3.8) is 0 Å². The monoisotopic (exact) mass is 288 g/mol. The molecule has 0 aliphatic rings. The normalized spacial score (nSPS) is 10.8. The van der Waals surface area contributed by atoms with E-state index in [0.717, 1.165) is 21.6 Å². The first kappa shape index (κ1) is 12.9. The fourth-order valence-electron chi connectivity index (χ4n) is 1.91. The molecule has 2 nitrogen and oxygen atoms in total. The number of hydrogen-bond acceptors (Lipinski definition) is 3. The van der Waals surface area contributed by atoms with Gasteiger partial charge in [0.15, 0.2) is 11.6 Å². The zero-order valence-electron chi connectivity index (χ0n) is 10.6. The second-order valence-electron chi connectivity index (χ2n) is 4.27. The number of pyridine rings is 1. The Bertz CT molecular complexity index is 754. The highest BCUT2D eigenvalue weighted by Crippen LogP contribution is 2.32. The predicted molar refractivity (Wildman–Crippen MR) is 75.4 cm³/mol. The number of aryl methyl sites for hydroxylation is 1. The fourth-order valence-corrected chi connectivity index (χ4v) is 2.82. The van der Waals surface area contributed by atoms with Gasteiger partial charge in [-0.25, -0.2) is 13.8 Å². The molecule has 0 saturated heterocycles. The molecule has 0 amide bonds. The van der Waals surface area contributed by atoms with E-state index in [0.29, 0.717) is 11.3 Å². The molecule has 2 heterocycles. The van der Waals surface area contributed by atoms with E-state index in [1.54, 1.807) is 6.20 Å². The van der Waals surface area contributed by atoms with Crippen LogP contribution >= 0.6 is 11.3 Å². The van der Waals surface area contributed by atoms with Crippen LogP contribution in [0.1, 0.15) is 4.88 Å². The van der Waals surface area contributed by atoms with Crippen molar-refractivity contribution in [3.8, 4) is 22.0 Å². The Morgan fingerprint density at radius 1 is 1.05 bits per heavy atom. The van der Waals surface area contributed by atoms with Gasteiger partial charge in [0, 0.05) is 16.6 Å². The Hall–Kier alpha value is -2.14. The van der Waals surface area contributed by atoms with Gasteiger partial charge in [-0.2, -0.15) is 0 Å². The maximum atomic E-state index is 13.3. The van der Waals surface area contributed by atoms with Crippen LogP contribution in [0.15, 0.2) is 42.6 Å². The molecule has 0 fully saturated rings. The summed E-state index contributed by atoms with van der Waals surface area (Å²) in [7, 11) is 0. The highest BCUT2D eigenvalue weighted by atomic mass is 32.1. The summed E-state index contributed by atoms with van der Waals surface area (Å²) in [6.07, 6.45) is 1.70. The Kier molecular flexibility index (Phi) is 3.28. The van der Waals surface area contributed by atoms with E-state index in [-0.39, 0.29) is 0 Å². The van der Waals surface area contributed by atoms with Gasteiger partial charge in [0.05, 0.1) is 11.4 Å². The third-order valence-electron chi connectivity index (χ3n) is 2.87. The lowest BCUT2D eigenvalue weighted by Gasteiger charge is -1.99. The van der Waals surface area contributed by atoms with Crippen molar-refractivity contribution in [1.29, 1.82) is 0 Å². The van der Waals surface area contributed by atoms with E-state index >= 15 is 0 Å². The van der Waals surface area contributed by atoms with Crippen LogP contribution in [0.4, 0.5) is 8.78 Å². The Morgan fingerprint density at radius 2 is 1.90 bits per heavy atom. The van der Waals surface area contributed by atoms with Crippen LogP contribution in [0.3, 0.4) is 0 Å². The van der Waals surface area contributed by atoms with Gasteiger partial charge in [0.25, 0.3) is 0 Å². The lowest BCUT2D eigenvalue weighted by atomic mass is 10.1. The molecule has 100 valence electrons. The molecule has 2 aromatic heterocycles. The van der Waals surface area contributed by atoms with Crippen molar-refractivity contribution in [1.82, 2.24) is 9.97 Å². The standard InChI is InChI=1S/C15H10F2N2S/c1-9-14(10-5-6-11(16)12(17)8-10)19-15(20-9)13-4-2-3-7-18-13/h2-8H,1H3. The van der Waals surface area contributed by atoms with E-state index < -0.39 is 11.6 Å². The minimum Gasteiger partial charge on any atom is -0.254 e. The molecule has 0 spiro atoms. The summed E-state index contributed by atoms with van der Waals surface area (Å²) in [5.41, 5.74) is 2.00. The van der Waals surface area contributed by atoms with E-state index in [4.69, 9.17) is 0 Å². The fraction of sp³-hybridized carbons (Fsp3) is 0.0667. The van der Waals surface area contributed by atoms with Gasteiger partial charge in [-0.1, -0.05) is 6.07 Å². The van der Waals surface area contributed by atoms with Crippen LogP contribution in [0.5, 0.6) is 0 Å². The average Bonchev–Trinajstić information content (AvgIpc) is 2.85. The van der Waals surface area contributed by atoms with Gasteiger partial charge in [-0.15, -0.1) is 11.3 Å². The summed E-state index contributed by atoms with van der Waals surface area (Å²) in [4.78, 5) is 9.67. The molecule has 0 aliphatic heterocycles. The van der Waals surface area contributed by atoms with Crippen molar-refractivity contribution in [3.05, 3.63) is 59.1 Å². The zero-order valence-corrected chi connectivity index (χ0v) is 11.4. The Morgan fingerprint density at radius 3 is 2.60 bits per heavy atom. The molecule has 0 aliphatic carbocycles. The van der Waals surface area contributed by atoms with Gasteiger partial charge in [0.1, 0.15) is 5.01 Å². The molecule has 5 heteroatoms. The summed E-state index contributed by atoms with van der Waals surface area (Å²) in [6, 6.07) is 9.40. The van der Waals surface area contributed by atoms with Gasteiger partial charge in [0.2, 0.25) is 0 Å². The Balaban J connectivity index is 2.07. The SMILES string of the molecule is Cc1sc(-c2ccccn2)nc1-c1ccc(F)c(F)c1. The lowest BCUT2D eigenvalue weighted by molar-refractivity contribution is 0.509. The van der Waals surface area contributed by atoms with Crippen LogP contribution < -0.4 is 0 Å². The maximum absolute atomic E-state index is 13.3. The molecule has 0 radical (unpaired) electrons. The molecule has 0 saturated carbocycles. The van der Waals surface area contributed by atoms with Crippen molar-refractivity contribution in [2.45, 2.75) is 6.92 Å². The van der Waals surface area contributed by atoms with E-state index in [1.807, 2.05) is 25.1 Å². The third-order valence-corrected chi connectivity index (χ3v) is 3.87. The highest BCUT2D eigenvalue weighted by Gasteiger charge is 2.13. The summed E-state index contributed by atoms with van der Waals surface area (Å²) in [5.74, 6) is -1.72. The van der Waals surface area contributed by atoms with Gasteiger partial charge in [-0.05, 0) is 37.3 Å². The highest BCUT2D eigenvalue weighted by molar-refractivity contribution is 7.15. The summed E-state index contributed by atoms with van der Waals surface area (Å²) in [6.45, 7) is 1.90. The van der Waals surface area contributed by atoms with Crippen molar-refractivity contribution < 1.29 is 8.78 Å². The number of halogens is 2. The second-order valence-corrected chi connectivity index (χ2v) is 5.47. The lowest BCUT2D eigenvalue weighted by Crippen LogP contribution is -1.87. The average molecular weight is 288 g/mol. The number of aromatic nitrogens is 2. The first-order valence-corrected chi connectivity index (χ1v) is 6.81. The molecular formula is C15H10F2N2S. The summed E-state index contributed by atoms with van der Waals surface area (Å²) >= 11 is 1.48. The summed E-state index contributed by atoms with van der Waals surface area (Å²) < 4.78 is 26.3. The molecule has 0 bridgehead atoms.